The highest BCUT2D eigenvalue weighted by Crippen LogP contribution is 2.40. The molecule has 4 aromatic rings. The first-order valence-corrected chi connectivity index (χ1v) is 10.0. The molecule has 0 aliphatic rings. The van der Waals surface area contributed by atoms with Crippen LogP contribution in [0, 0.1) is 0 Å². The van der Waals surface area contributed by atoms with Crippen molar-refractivity contribution < 1.29 is 4.74 Å². The number of aromatic nitrogens is 7. The molecule has 4 heterocycles. The smallest absolute Gasteiger partial charge is 0.169 e. The largest absolute Gasteiger partial charge is 0.492 e. The van der Waals surface area contributed by atoms with Gasteiger partial charge in [-0.15, -0.1) is 0 Å². The number of nitrogens with zero attached hydrogens (tertiary/aromatic N) is 7. The zero-order valence-electron chi connectivity index (χ0n) is 17.9. The van der Waals surface area contributed by atoms with Crippen molar-refractivity contribution in [3.05, 3.63) is 42.5 Å². The normalized spacial score (nSPS) is 11.4. The molecule has 0 amide bonds. The van der Waals surface area contributed by atoms with Crippen molar-refractivity contribution in [3.8, 4) is 16.9 Å². The van der Waals surface area contributed by atoms with Crippen molar-refractivity contribution in [1.82, 2.24) is 34.5 Å². The molecule has 0 aliphatic heterocycles. The second kappa shape index (κ2) is 8.10. The fraction of sp³-hybridized carbons (Fsp3) is 0.381. The van der Waals surface area contributed by atoms with Crippen LogP contribution in [0.4, 0.5) is 5.69 Å². The highest BCUT2D eigenvalue weighted by molar-refractivity contribution is 6.00. The van der Waals surface area contributed by atoms with Gasteiger partial charge in [-0.25, -0.2) is 9.97 Å². The molecule has 0 fully saturated rings. The predicted molar refractivity (Wildman–Crippen MR) is 115 cm³/mol. The Morgan fingerprint density at radius 2 is 1.93 bits per heavy atom. The summed E-state index contributed by atoms with van der Waals surface area (Å²) in [5.41, 5.74) is 4.61. The van der Waals surface area contributed by atoms with Gasteiger partial charge in [0.1, 0.15) is 12.1 Å². The first-order chi connectivity index (χ1) is 14.5. The molecule has 30 heavy (non-hydrogen) atoms. The molecule has 0 atom stereocenters. The van der Waals surface area contributed by atoms with Crippen LogP contribution in [-0.2, 0) is 20.6 Å². The van der Waals surface area contributed by atoms with Gasteiger partial charge in [0.25, 0.3) is 0 Å². The maximum Gasteiger partial charge on any atom is 0.169 e. The molecule has 9 nitrogen and oxygen atoms in total. The van der Waals surface area contributed by atoms with Gasteiger partial charge >= 0.3 is 0 Å². The number of aryl methyl sites for hydroxylation is 2. The summed E-state index contributed by atoms with van der Waals surface area (Å²) in [5, 5.41) is 13.7. The van der Waals surface area contributed by atoms with E-state index >= 15 is 0 Å². The Hall–Kier alpha value is -3.49. The van der Waals surface area contributed by atoms with Crippen LogP contribution in [0.3, 0.4) is 0 Å². The number of pyridine rings is 2. The van der Waals surface area contributed by atoms with Crippen LogP contribution in [0.5, 0.6) is 5.75 Å². The summed E-state index contributed by atoms with van der Waals surface area (Å²) in [7, 11) is 3.78. The molecule has 0 aromatic carbocycles. The highest BCUT2D eigenvalue weighted by Gasteiger charge is 2.22. The van der Waals surface area contributed by atoms with E-state index < -0.39 is 0 Å². The average Bonchev–Trinajstić information content (AvgIpc) is 3.30. The van der Waals surface area contributed by atoms with Crippen LogP contribution in [0.25, 0.3) is 22.2 Å². The second-order valence-electron chi connectivity index (χ2n) is 7.40. The van der Waals surface area contributed by atoms with E-state index in [0.29, 0.717) is 19.0 Å². The van der Waals surface area contributed by atoms with Gasteiger partial charge in [-0.05, 0) is 18.9 Å². The summed E-state index contributed by atoms with van der Waals surface area (Å²) in [5.74, 6) is 1.67. The SMILES string of the molecule is CCOc1cnccc1-c1cnc2c(c(C(C)C)nn2C)c1NCc1ncn(C)n1. The number of hydrogen-bond donors (Lipinski definition) is 1. The van der Waals surface area contributed by atoms with Crippen LogP contribution in [-0.4, -0.2) is 41.1 Å². The molecule has 156 valence electrons. The first-order valence-electron chi connectivity index (χ1n) is 10.0. The first kappa shape index (κ1) is 19.8. The van der Waals surface area contributed by atoms with E-state index in [9.17, 15) is 0 Å². The number of anilines is 1. The summed E-state index contributed by atoms with van der Waals surface area (Å²) in [6.07, 6.45) is 7.05. The van der Waals surface area contributed by atoms with Crippen LogP contribution in [0.1, 0.15) is 38.2 Å². The lowest BCUT2D eigenvalue weighted by atomic mass is 10.00. The fourth-order valence-corrected chi connectivity index (χ4v) is 3.55. The van der Waals surface area contributed by atoms with Crippen LogP contribution >= 0.6 is 0 Å². The number of ether oxygens (including phenoxy) is 1. The number of fused-ring (bicyclic) bond motifs is 1. The second-order valence-corrected chi connectivity index (χ2v) is 7.40. The van der Waals surface area contributed by atoms with E-state index in [1.165, 1.54) is 0 Å². The van der Waals surface area contributed by atoms with Gasteiger partial charge in [0, 0.05) is 37.6 Å². The molecule has 0 spiro atoms. The monoisotopic (exact) mass is 406 g/mol. The lowest BCUT2D eigenvalue weighted by molar-refractivity contribution is 0.340. The van der Waals surface area contributed by atoms with Gasteiger partial charge in [0.05, 0.1) is 36.1 Å². The Kier molecular flexibility index (Phi) is 5.35. The Morgan fingerprint density at radius 1 is 1.10 bits per heavy atom. The van der Waals surface area contributed by atoms with Crippen molar-refractivity contribution in [3.63, 3.8) is 0 Å². The van der Waals surface area contributed by atoms with Crippen molar-refractivity contribution in [2.24, 2.45) is 14.1 Å². The molecular weight excluding hydrogens is 380 g/mol. The Bertz CT molecular complexity index is 1180. The van der Waals surface area contributed by atoms with E-state index in [0.717, 1.165) is 39.3 Å². The van der Waals surface area contributed by atoms with Crippen LogP contribution in [0.2, 0.25) is 0 Å². The maximum atomic E-state index is 5.84. The topological polar surface area (TPSA) is 95.6 Å². The third-order valence-electron chi connectivity index (χ3n) is 4.87. The van der Waals surface area contributed by atoms with E-state index in [2.05, 4.69) is 34.2 Å². The molecule has 4 rings (SSSR count). The minimum atomic E-state index is 0.239. The van der Waals surface area contributed by atoms with Crippen LogP contribution in [0.15, 0.2) is 31.0 Å². The molecular formula is C21H26N8O. The zero-order valence-corrected chi connectivity index (χ0v) is 17.9. The van der Waals surface area contributed by atoms with Gasteiger partial charge in [0.15, 0.2) is 11.5 Å². The number of hydrogen-bond acceptors (Lipinski definition) is 7. The molecule has 4 aromatic heterocycles. The van der Waals surface area contributed by atoms with E-state index in [1.807, 2.05) is 38.0 Å². The van der Waals surface area contributed by atoms with Crippen molar-refractivity contribution in [1.29, 1.82) is 0 Å². The molecule has 9 heteroatoms. The minimum absolute atomic E-state index is 0.239. The Labute approximate surface area is 175 Å². The summed E-state index contributed by atoms with van der Waals surface area (Å²) in [4.78, 5) is 13.3. The lowest BCUT2D eigenvalue weighted by Gasteiger charge is -2.16. The van der Waals surface area contributed by atoms with E-state index in [-0.39, 0.29) is 5.92 Å². The number of nitrogens with one attached hydrogen (secondary N) is 1. The third-order valence-corrected chi connectivity index (χ3v) is 4.87. The van der Waals surface area contributed by atoms with Crippen LogP contribution < -0.4 is 10.1 Å². The maximum absolute atomic E-state index is 5.84. The lowest BCUT2D eigenvalue weighted by Crippen LogP contribution is -2.06. The molecule has 0 radical (unpaired) electrons. The van der Waals surface area contributed by atoms with Crippen molar-refractivity contribution in [2.45, 2.75) is 33.2 Å². The minimum Gasteiger partial charge on any atom is -0.492 e. The average molecular weight is 406 g/mol. The highest BCUT2D eigenvalue weighted by atomic mass is 16.5. The van der Waals surface area contributed by atoms with Crippen molar-refractivity contribution in [2.75, 3.05) is 11.9 Å². The van der Waals surface area contributed by atoms with Gasteiger partial charge in [-0.2, -0.15) is 10.2 Å². The summed E-state index contributed by atoms with van der Waals surface area (Å²) in [6, 6.07) is 1.95. The summed E-state index contributed by atoms with van der Waals surface area (Å²) >= 11 is 0. The van der Waals surface area contributed by atoms with Gasteiger partial charge in [-0.1, -0.05) is 13.8 Å². The summed E-state index contributed by atoms with van der Waals surface area (Å²) < 4.78 is 9.36. The Morgan fingerprint density at radius 3 is 2.63 bits per heavy atom. The fourth-order valence-electron chi connectivity index (χ4n) is 3.55. The molecule has 0 bridgehead atoms. The molecule has 1 N–H and O–H groups in total. The third kappa shape index (κ3) is 3.58. The molecule has 0 saturated heterocycles. The molecule has 0 unspecified atom stereocenters. The van der Waals surface area contributed by atoms with Gasteiger partial charge in [-0.3, -0.25) is 14.3 Å². The standard InChI is InChI=1S/C21H26N8O/c1-6-30-16-10-22-8-7-14(16)15-9-24-21-18(19(13(2)3)27-29(21)5)20(15)23-11-17-25-12-28(4)26-17/h7-10,12-13H,6,11H2,1-5H3,(H,23,24). The predicted octanol–water partition coefficient (Wildman–Crippen LogP) is 3.29. The van der Waals surface area contributed by atoms with Gasteiger partial charge < -0.3 is 10.1 Å². The summed E-state index contributed by atoms with van der Waals surface area (Å²) in [6.45, 7) is 7.27. The molecule has 0 saturated carbocycles. The zero-order chi connectivity index (χ0) is 21.3. The van der Waals surface area contributed by atoms with Gasteiger partial charge in [0.2, 0.25) is 0 Å². The van der Waals surface area contributed by atoms with Crippen molar-refractivity contribution >= 4 is 16.7 Å². The Balaban J connectivity index is 1.92. The quantitative estimate of drug-likeness (QED) is 0.503. The molecule has 0 aliphatic carbocycles. The van der Waals surface area contributed by atoms with E-state index in [4.69, 9.17) is 14.8 Å². The number of rotatable bonds is 7. The van der Waals surface area contributed by atoms with E-state index in [1.54, 1.807) is 23.4 Å².